The molecule has 0 rings (SSSR count). The van der Waals surface area contributed by atoms with Crippen LogP contribution in [0.1, 0.15) is 47.0 Å². The van der Waals surface area contributed by atoms with Gasteiger partial charge in [-0.1, -0.05) is 0 Å². The molecule has 0 fully saturated rings. The molecule has 0 aromatic carbocycles. The normalized spacial score (nSPS) is 15.7. The number of thiol groups is 1. The summed E-state index contributed by atoms with van der Waals surface area (Å²) in [4.78, 5) is 0. The maximum absolute atomic E-state index is 2.42. The van der Waals surface area contributed by atoms with Gasteiger partial charge in [0, 0.05) is 0 Å². The fourth-order valence-electron chi connectivity index (χ4n) is 1.48. The van der Waals surface area contributed by atoms with Crippen molar-refractivity contribution in [3.8, 4) is 0 Å². The molecule has 11 heavy (non-hydrogen) atoms. The van der Waals surface area contributed by atoms with E-state index < -0.39 is 0 Å². The fourth-order valence-corrected chi connectivity index (χ4v) is 2.64. The van der Waals surface area contributed by atoms with E-state index in [-0.39, 0.29) is 13.5 Å². The van der Waals surface area contributed by atoms with Gasteiger partial charge in [-0.05, 0) is 0 Å². The summed E-state index contributed by atoms with van der Waals surface area (Å²) in [5, 5.41) is 0. The van der Waals surface area contributed by atoms with E-state index in [2.05, 4.69) is 27.7 Å². The zero-order valence-corrected chi connectivity index (χ0v) is 11.9. The summed E-state index contributed by atoms with van der Waals surface area (Å²) >= 11 is 1.71. The predicted octanol–water partition coefficient (Wildman–Crippen LogP) is 2.91. The van der Waals surface area contributed by atoms with E-state index in [0.29, 0.717) is 3.43 Å². The first kappa shape index (κ1) is 14.7. The van der Waals surface area contributed by atoms with Gasteiger partial charge in [0.15, 0.2) is 0 Å². The van der Waals surface area contributed by atoms with Gasteiger partial charge in [0.05, 0.1) is 0 Å². The van der Waals surface area contributed by atoms with E-state index in [1.54, 1.807) is 22.5 Å². The van der Waals surface area contributed by atoms with Crippen molar-refractivity contribution in [1.29, 1.82) is 0 Å². The standard InChI is InChI=1S/C9H19.H2S.Sn/c1-5-8(4)9(6-2)7-3;;/h9H,5-7H2,1-4H3;1H2;/q;;+1/p-1. The molecule has 0 nitrogen and oxygen atoms in total. The molecule has 0 heterocycles. The molecule has 0 amide bonds. The first-order chi connectivity index (χ1) is 4.58. The minimum absolute atomic E-state index is 0. The number of rotatable bonds is 4. The van der Waals surface area contributed by atoms with E-state index in [0.717, 1.165) is 5.92 Å². The van der Waals surface area contributed by atoms with E-state index in [1.165, 1.54) is 19.3 Å². The van der Waals surface area contributed by atoms with Gasteiger partial charge in [-0.15, -0.1) is 0 Å². The molecule has 0 aromatic rings. The zero-order chi connectivity index (χ0) is 8.20. The van der Waals surface area contributed by atoms with E-state index in [4.69, 9.17) is 0 Å². The summed E-state index contributed by atoms with van der Waals surface area (Å²) in [6, 6.07) is 0. The summed E-state index contributed by atoms with van der Waals surface area (Å²) < 4.78 is 0.649. The van der Waals surface area contributed by atoms with Crippen LogP contribution < -0.4 is 0 Å². The van der Waals surface area contributed by atoms with Crippen LogP contribution in [0.3, 0.4) is 0 Å². The van der Waals surface area contributed by atoms with Crippen molar-refractivity contribution in [2.24, 2.45) is 5.92 Å². The van der Waals surface area contributed by atoms with Gasteiger partial charge >= 0.3 is 78.8 Å². The Balaban J connectivity index is 0. The molecule has 1 unspecified atom stereocenters. The van der Waals surface area contributed by atoms with Gasteiger partial charge in [0.1, 0.15) is 0 Å². The zero-order valence-electron chi connectivity index (χ0n) is 8.15. The Morgan fingerprint density at radius 2 is 1.55 bits per heavy atom. The van der Waals surface area contributed by atoms with Crippen molar-refractivity contribution in [3.05, 3.63) is 0 Å². The van der Waals surface area contributed by atoms with Gasteiger partial charge in [0.25, 0.3) is 0 Å². The monoisotopic (exact) mass is 280 g/mol. The SMILES string of the molecule is CCC(CC)[C](C)([Sn+])CC.[SH-]. The molecule has 0 spiro atoms. The quantitative estimate of drug-likeness (QED) is 0.433. The van der Waals surface area contributed by atoms with Crippen molar-refractivity contribution in [3.63, 3.8) is 0 Å². The van der Waals surface area contributed by atoms with Crippen LogP contribution in [0.5, 0.6) is 0 Å². The Labute approximate surface area is 92.1 Å². The van der Waals surface area contributed by atoms with Crippen LogP contribution in [0, 0.1) is 5.92 Å². The molecular weight excluding hydrogens is 259 g/mol. The van der Waals surface area contributed by atoms with Gasteiger partial charge in [-0.3, -0.25) is 0 Å². The molecule has 0 aliphatic carbocycles. The Morgan fingerprint density at radius 3 is 1.64 bits per heavy atom. The van der Waals surface area contributed by atoms with Gasteiger partial charge in [-0.25, -0.2) is 0 Å². The minimum atomic E-state index is 0. The molecule has 0 saturated heterocycles. The third-order valence-corrected chi connectivity index (χ3v) is 4.80. The van der Waals surface area contributed by atoms with Gasteiger partial charge in [-0.2, -0.15) is 0 Å². The Kier molecular flexibility index (Phi) is 8.85. The van der Waals surface area contributed by atoms with Crippen LogP contribution in [0.2, 0.25) is 3.43 Å². The molecule has 2 radical (unpaired) electrons. The van der Waals surface area contributed by atoms with Crippen molar-refractivity contribution in [1.82, 2.24) is 0 Å². The summed E-state index contributed by atoms with van der Waals surface area (Å²) in [7, 11) is 0. The third kappa shape index (κ3) is 4.66. The maximum Gasteiger partial charge on any atom is -0.813 e. The first-order valence-corrected chi connectivity index (χ1v) is 5.76. The van der Waals surface area contributed by atoms with E-state index in [9.17, 15) is 0 Å². The van der Waals surface area contributed by atoms with Gasteiger partial charge < -0.3 is 13.5 Å². The average Bonchev–Trinajstić information content (AvgIpc) is 1.90. The Bertz CT molecular complexity index is 87.6. The van der Waals surface area contributed by atoms with Crippen LogP contribution in [0.4, 0.5) is 0 Å². The van der Waals surface area contributed by atoms with Gasteiger partial charge in [0.2, 0.25) is 0 Å². The van der Waals surface area contributed by atoms with Crippen LogP contribution in [0.15, 0.2) is 0 Å². The van der Waals surface area contributed by atoms with Crippen molar-refractivity contribution < 1.29 is 0 Å². The molecule has 0 saturated carbocycles. The summed E-state index contributed by atoms with van der Waals surface area (Å²) in [6.45, 7) is 9.36. The molecule has 1 atom stereocenters. The Morgan fingerprint density at radius 1 is 1.18 bits per heavy atom. The molecule has 66 valence electrons. The van der Waals surface area contributed by atoms with E-state index in [1.807, 2.05) is 0 Å². The number of hydrogen-bond donors (Lipinski definition) is 0. The second-order valence-corrected chi connectivity index (χ2v) is 6.54. The fraction of sp³-hybridized carbons (Fsp3) is 1.00. The molecule has 0 aliphatic rings. The first-order valence-electron chi connectivity index (χ1n) is 4.33. The second-order valence-electron chi connectivity index (χ2n) is 3.28. The summed E-state index contributed by atoms with van der Waals surface area (Å²) in [5.41, 5.74) is 0. The summed E-state index contributed by atoms with van der Waals surface area (Å²) in [6.07, 6.45) is 4.05. The van der Waals surface area contributed by atoms with Crippen molar-refractivity contribution in [2.45, 2.75) is 50.4 Å². The summed E-state index contributed by atoms with van der Waals surface area (Å²) in [5.74, 6) is 0.954. The molecule has 0 bridgehead atoms. The van der Waals surface area contributed by atoms with Crippen molar-refractivity contribution in [2.75, 3.05) is 0 Å². The van der Waals surface area contributed by atoms with Crippen molar-refractivity contribution >= 4 is 36.0 Å². The third-order valence-electron chi connectivity index (χ3n) is 2.62. The van der Waals surface area contributed by atoms with E-state index >= 15 is 0 Å². The van der Waals surface area contributed by atoms with Crippen LogP contribution in [0.25, 0.3) is 0 Å². The smallest absolute Gasteiger partial charge is 0.813 e. The molecular formula is C9H20SSn. The topological polar surface area (TPSA) is 0 Å². The van der Waals surface area contributed by atoms with Crippen LogP contribution >= 0.6 is 0 Å². The largest absolute Gasteiger partial charge is 0.813 e. The van der Waals surface area contributed by atoms with Crippen LogP contribution in [-0.2, 0) is 13.5 Å². The predicted molar refractivity (Wildman–Crippen MR) is 57.2 cm³/mol. The minimum Gasteiger partial charge on any atom is -0.813 e. The molecule has 0 aliphatic heterocycles. The molecule has 0 aromatic heterocycles. The van der Waals surface area contributed by atoms with Crippen LogP contribution in [-0.4, -0.2) is 22.5 Å². The Hall–Kier alpha value is 1.15. The second kappa shape index (κ2) is 6.64. The number of hydrogen-bond acceptors (Lipinski definition) is 1. The molecule has 2 heteroatoms. The molecule has 0 N–H and O–H groups in total. The average molecular weight is 279 g/mol. The maximum atomic E-state index is 2.42.